The van der Waals surface area contributed by atoms with E-state index in [-0.39, 0.29) is 176 Å². The predicted molar refractivity (Wildman–Crippen MR) is 468 cm³/mol. The number of Topliss-reactive ketones (excluding diaryl/α,β-unsaturated/α-hetero) is 2. The van der Waals surface area contributed by atoms with Crippen LogP contribution in [0.4, 0.5) is 73.1 Å². The van der Waals surface area contributed by atoms with Crippen LogP contribution in [0.15, 0.2) is 84.9 Å². The number of rotatable bonds is 25. The second-order valence-electron chi connectivity index (χ2n) is 32.7. The van der Waals surface area contributed by atoms with Crippen LogP contribution in [-0.4, -0.2) is 161 Å². The monoisotopic (exact) mass is 2220 g/mol. The fraction of sp³-hybridized carbons (Fsp3) is 0.407. The summed E-state index contributed by atoms with van der Waals surface area (Å²) < 4.78 is 335. The first kappa shape index (κ1) is 108. The summed E-state index contributed by atoms with van der Waals surface area (Å²) in [6, 6.07) is 15.1. The van der Waals surface area contributed by atoms with Crippen molar-refractivity contribution < 1.29 is 178 Å². The van der Waals surface area contributed by atoms with E-state index >= 15 is 17.6 Å². The average molecular weight is 2220 g/mol. The molecular weight excluding hydrogens is 2150 g/mol. The van der Waals surface area contributed by atoms with E-state index in [0.717, 1.165) is 52.2 Å². The first-order valence-corrected chi connectivity index (χ1v) is 54.4. The van der Waals surface area contributed by atoms with Crippen LogP contribution in [0.2, 0.25) is 10.0 Å². The summed E-state index contributed by atoms with van der Waals surface area (Å²) in [6.07, 6.45) is -7.83. The molecule has 0 amide bonds. The first-order valence-electron chi connectivity index (χ1n) is 38.0. The Morgan fingerprint density at radius 2 is 0.870 bits per heavy atom. The smallest absolute Gasteiger partial charge is 0.870 e. The Morgan fingerprint density at radius 1 is 0.527 bits per heavy atom. The number of aromatic nitrogens is 10. The third-order valence-corrected chi connectivity index (χ3v) is 30.2. The zero-order chi connectivity index (χ0) is 94.9. The molecule has 131 heavy (non-hydrogen) atoms. The van der Waals surface area contributed by atoms with E-state index in [0.29, 0.717) is 58.1 Å². The number of nitrogens with zero attached hydrogens (tertiary/aromatic N) is 12. The van der Waals surface area contributed by atoms with Gasteiger partial charge in [-0.1, -0.05) is 47.2 Å². The van der Waals surface area contributed by atoms with Crippen molar-refractivity contribution in [3.05, 3.63) is 191 Å². The standard InChI is InChI=1S/C41H38ClF7N6O7S3.C40H35ClF7N6O5S2.I2.2Na.H2O/c1-21-33-30-18-31(30)41(48,49)37(33)53(51-21)19-27(56)16-23(13-22-14-24(43)17-25(44)15-22)35-28(8-7-26(50-35)11-12-39(2,3)63(4,57)58)29-9-10-32(42)34-36(29)54(20-40(45,46)47)52-38(34)55(64(5,59)60)65(6,61)62;1-20-32-29-17-30(29)40(47,48)36(32)53(50-20)18-26(55)15-22(12-21-13-23(42)16-24(43)14-21)34-27(7-6-25(49-34)10-11-38(2,3)60(4,56)57)28-8-9-31(41)33-35(28)54(19-39(44,45)46)51-37(33)52-61(5,58)59;1-2;;;/h7-10,14-15,17,23,30-31H,13,16,18-20H2,1-6H3;6-9,13-14,16,22,29-30H,12,15,17-19H2,1-5H3;;;;1H2/q;-1;;2*+1;/p-1/t23-,30+,31-;22-,29+,30-;;;;/m11..../s1. The topological polar surface area (TPSA) is 349 Å². The number of pyridine rings is 2. The Morgan fingerprint density at radius 3 is 1.21 bits per heavy atom. The summed E-state index contributed by atoms with van der Waals surface area (Å²) in [5.74, 6) is -8.22. The molecule has 694 valence electrons. The summed E-state index contributed by atoms with van der Waals surface area (Å²) in [6.45, 7) is 3.41. The van der Waals surface area contributed by atoms with Gasteiger partial charge in [0.1, 0.15) is 81.7 Å². The van der Waals surface area contributed by atoms with Gasteiger partial charge in [-0.05, 0) is 169 Å². The van der Waals surface area contributed by atoms with Crippen LogP contribution in [0.3, 0.4) is 0 Å². The van der Waals surface area contributed by atoms with Gasteiger partial charge in [-0.15, -0.1) is 3.71 Å². The van der Waals surface area contributed by atoms with Crippen LogP contribution in [0.5, 0.6) is 0 Å². The maximum absolute atomic E-state index is 15.5. The third-order valence-electron chi connectivity index (χ3n) is 22.0. The number of fused-ring (bicyclic) bond motifs is 8. The van der Waals surface area contributed by atoms with Crippen LogP contribution in [-0.2, 0) is 110 Å². The molecule has 1 N–H and O–H groups in total. The van der Waals surface area contributed by atoms with Crippen LogP contribution < -0.4 is 62.8 Å². The number of sulfone groups is 2. The normalized spacial score (nSPS) is 17.0. The van der Waals surface area contributed by atoms with Gasteiger partial charge < -0.3 is 20.0 Å². The van der Waals surface area contributed by atoms with Gasteiger partial charge in [-0.2, -0.15) is 59.2 Å². The SMILES string of the molecule is Cc1nn(CC(=O)C[C@@H](Cc2cc(F)cc(F)c2)c2nc(C#CC(C)(C)S(C)(=O)=O)ccc2-c2ccc(Cl)c3c(N(S(C)(=O)=O)S(C)(=O)=O)nn(CC(F)(F)F)c23)c2c1[C@H]1C[C@H]1C2(F)F.Cc1nn(CC(=O)C[C@@H](Cc2cc(F)cc(F)c2)c2nc(C#CC(C)(C)S(C)(=O)=O)ccc2-c2ccc(Cl)c3c([N-]S(C)(=O)=O)nn(CC(F)(F)F)c23)c2c1[C@H]1C[C@H]1C2(F)F.II.[Na+].[Na+].[OH-]. The molecule has 50 heteroatoms. The minimum Gasteiger partial charge on any atom is -0.870 e. The van der Waals surface area contributed by atoms with Crippen LogP contribution in [0.25, 0.3) is 48.8 Å². The number of ketones is 2. The van der Waals surface area contributed by atoms with Gasteiger partial charge in [0.05, 0.1) is 56.7 Å². The maximum Gasteiger partial charge on any atom is 1.00 e. The number of carbonyl (C=O) groups is 2. The van der Waals surface area contributed by atoms with Crippen molar-refractivity contribution in [2.45, 2.75) is 164 Å². The van der Waals surface area contributed by atoms with E-state index in [1.54, 1.807) is 13.8 Å². The van der Waals surface area contributed by atoms with Gasteiger partial charge in [-0.3, -0.25) is 23.6 Å². The number of benzene rings is 4. The Hall–Kier alpha value is -6.63. The largest absolute Gasteiger partial charge is 1.00 e. The van der Waals surface area contributed by atoms with Crippen molar-refractivity contribution in [1.29, 1.82) is 0 Å². The summed E-state index contributed by atoms with van der Waals surface area (Å²) in [4.78, 5) is 37.7. The van der Waals surface area contributed by atoms with E-state index in [4.69, 9.17) is 23.2 Å². The molecule has 0 aliphatic heterocycles. The fourth-order valence-corrected chi connectivity index (χ4v) is 20.2. The van der Waals surface area contributed by atoms with E-state index in [1.807, 2.05) is 0 Å². The number of carbonyl (C=O) groups excluding carboxylic acids is 2. The second kappa shape index (κ2) is 39.1. The van der Waals surface area contributed by atoms with Gasteiger partial charge >= 0.3 is 71.5 Å². The van der Waals surface area contributed by atoms with Crippen molar-refractivity contribution in [2.75, 3.05) is 35.0 Å². The Kier molecular flexibility index (Phi) is 32.2. The molecule has 4 aliphatic rings. The van der Waals surface area contributed by atoms with Crippen molar-refractivity contribution in [3.63, 3.8) is 0 Å². The Bertz CT molecular complexity index is 6960. The molecule has 0 unspecified atom stereocenters. The number of alkyl halides is 10. The van der Waals surface area contributed by atoms with E-state index in [2.05, 4.69) is 96.0 Å². The minimum atomic E-state index is -5.07. The van der Waals surface area contributed by atoms with E-state index < -0.39 is 227 Å². The maximum atomic E-state index is 15.5. The Labute approximate surface area is 820 Å². The number of aryl methyl sites for hydroxylation is 2. The minimum absolute atomic E-state index is 0. The van der Waals surface area contributed by atoms with Crippen LogP contribution in [0, 0.1) is 72.6 Å². The molecule has 14 rings (SSSR count). The van der Waals surface area contributed by atoms with E-state index in [1.165, 1.54) is 70.2 Å². The van der Waals surface area contributed by atoms with Crippen molar-refractivity contribution >= 4 is 155 Å². The Balaban J connectivity index is 0.000000284. The second-order valence-corrected chi connectivity index (χ2v) is 44.2. The zero-order valence-corrected chi connectivity index (χ0v) is 85.1. The van der Waals surface area contributed by atoms with Gasteiger partial charge in [0, 0.05) is 148 Å². The molecule has 2 fully saturated rings. The summed E-state index contributed by atoms with van der Waals surface area (Å²) >= 11 is 17.3. The molecule has 0 radical (unpaired) electrons. The molecule has 0 spiro atoms. The molecule has 0 bridgehead atoms. The third kappa shape index (κ3) is 23.5. The number of sulfonamides is 3. The first-order chi connectivity index (χ1) is 58.9. The van der Waals surface area contributed by atoms with Crippen molar-refractivity contribution in [3.8, 4) is 45.9 Å². The van der Waals surface area contributed by atoms with Gasteiger partial charge in [0.15, 0.2) is 47.1 Å². The van der Waals surface area contributed by atoms with Crippen molar-refractivity contribution in [1.82, 2.24) is 49.1 Å². The summed E-state index contributed by atoms with van der Waals surface area (Å²) in [5.41, 5.74) is -1.33. The molecule has 4 aliphatic carbocycles. The average Bonchev–Trinajstić information content (AvgIpc) is 1.52. The number of hydrogen-bond donors (Lipinski definition) is 0. The van der Waals surface area contributed by atoms with Crippen LogP contribution >= 0.6 is 60.4 Å². The molecule has 6 atom stereocenters. The predicted octanol–water partition coefficient (Wildman–Crippen LogP) is 11.2. The van der Waals surface area contributed by atoms with Gasteiger partial charge in [0.2, 0.25) is 20.0 Å². The molecular formula is C81H74Cl2F14I2N12Na2O13S5. The molecule has 6 heterocycles. The molecule has 0 saturated heterocycles. The quantitative estimate of drug-likeness (QED) is 0.0222. The number of halogens is 18. The zero-order valence-electron chi connectivity index (χ0n) is 71.2. The molecule has 2 saturated carbocycles. The summed E-state index contributed by atoms with van der Waals surface area (Å²) in [7, 11) is -21.5. The van der Waals surface area contributed by atoms with Gasteiger partial charge in [-0.25, -0.2) is 69.6 Å². The number of hydrogen-bond acceptors (Lipinski definition) is 19. The molecule has 10 aromatic rings. The van der Waals surface area contributed by atoms with Gasteiger partial charge in [0.25, 0.3) is 11.8 Å². The van der Waals surface area contributed by atoms with Crippen molar-refractivity contribution in [2.24, 2.45) is 11.8 Å². The molecule has 6 aromatic heterocycles. The molecule has 4 aromatic carbocycles. The van der Waals surface area contributed by atoms with E-state index in [9.17, 15) is 95.6 Å². The van der Waals surface area contributed by atoms with Crippen LogP contribution in [0.1, 0.15) is 145 Å². The fourth-order valence-electron chi connectivity index (χ4n) is 16.0. The summed E-state index contributed by atoms with van der Waals surface area (Å²) in [5, 5.41) is 14.7. The number of anilines is 1. The molecule has 25 nitrogen and oxygen atoms in total.